The summed E-state index contributed by atoms with van der Waals surface area (Å²) in [4.78, 5) is 14.2. The second-order valence-corrected chi connectivity index (χ2v) is 6.68. The largest absolute Gasteiger partial charge is 0.496 e. The molecule has 1 amide bonds. The molecule has 146 valence electrons. The molecule has 1 heterocycles. The van der Waals surface area contributed by atoms with Crippen LogP contribution in [0.2, 0.25) is 0 Å². The summed E-state index contributed by atoms with van der Waals surface area (Å²) >= 11 is 0. The average molecular weight is 380 g/mol. The van der Waals surface area contributed by atoms with Crippen LogP contribution in [0.1, 0.15) is 21.6 Å². The van der Waals surface area contributed by atoms with E-state index in [1.54, 1.807) is 25.1 Å². The minimum absolute atomic E-state index is 0.228. The normalized spacial score (nSPS) is 10.6. The summed E-state index contributed by atoms with van der Waals surface area (Å²) in [6.07, 6.45) is 0. The van der Waals surface area contributed by atoms with Crippen molar-refractivity contribution in [3.05, 3.63) is 65.4 Å². The third-order valence-corrected chi connectivity index (χ3v) is 4.34. The van der Waals surface area contributed by atoms with Gasteiger partial charge in [0.2, 0.25) is 0 Å². The molecule has 0 spiro atoms. The van der Waals surface area contributed by atoms with Crippen LogP contribution in [0.3, 0.4) is 0 Å². The molecule has 6 nitrogen and oxygen atoms in total. The van der Waals surface area contributed by atoms with Crippen molar-refractivity contribution < 1.29 is 18.8 Å². The standard InChI is InChI=1S/C22H24N2O4/c1-15-11-16(2)13-17(12-15)27-10-9-24(3)22(25)19-14-21(28-23-19)18-7-5-6-8-20(18)26-4/h5-8,11-14H,9-10H2,1-4H3. The van der Waals surface area contributed by atoms with Gasteiger partial charge in [-0.25, -0.2) is 0 Å². The Hall–Kier alpha value is -3.28. The number of carbonyl (C=O) groups is 1. The molecule has 0 bridgehead atoms. The molecule has 0 aliphatic carbocycles. The van der Waals surface area contributed by atoms with E-state index in [1.165, 1.54) is 0 Å². The zero-order valence-electron chi connectivity index (χ0n) is 16.6. The van der Waals surface area contributed by atoms with Crippen LogP contribution in [-0.4, -0.2) is 43.3 Å². The molecule has 0 fully saturated rings. The fourth-order valence-electron chi connectivity index (χ4n) is 2.96. The fraction of sp³-hybridized carbons (Fsp3) is 0.273. The molecule has 0 saturated carbocycles. The highest BCUT2D eigenvalue weighted by Gasteiger charge is 2.19. The van der Waals surface area contributed by atoms with Crippen molar-refractivity contribution in [3.8, 4) is 22.8 Å². The summed E-state index contributed by atoms with van der Waals surface area (Å²) in [5, 5.41) is 3.92. The molecule has 0 saturated heterocycles. The number of aryl methyl sites for hydroxylation is 2. The first-order valence-corrected chi connectivity index (χ1v) is 9.04. The molecule has 0 atom stereocenters. The van der Waals surface area contributed by atoms with Gasteiger partial charge in [0.25, 0.3) is 5.91 Å². The van der Waals surface area contributed by atoms with E-state index in [9.17, 15) is 4.79 Å². The maximum Gasteiger partial charge on any atom is 0.275 e. The van der Waals surface area contributed by atoms with Crippen LogP contribution < -0.4 is 9.47 Å². The minimum Gasteiger partial charge on any atom is -0.496 e. The Kier molecular flexibility index (Phi) is 5.99. The molecular weight excluding hydrogens is 356 g/mol. The van der Waals surface area contributed by atoms with Gasteiger partial charge in [-0.15, -0.1) is 0 Å². The van der Waals surface area contributed by atoms with Crippen molar-refractivity contribution in [2.24, 2.45) is 0 Å². The second-order valence-electron chi connectivity index (χ2n) is 6.68. The van der Waals surface area contributed by atoms with Crippen LogP contribution in [-0.2, 0) is 0 Å². The van der Waals surface area contributed by atoms with Crippen molar-refractivity contribution in [2.75, 3.05) is 27.3 Å². The maximum absolute atomic E-state index is 12.6. The highest BCUT2D eigenvalue weighted by atomic mass is 16.5. The molecular formula is C22H24N2O4. The number of amides is 1. The van der Waals surface area contributed by atoms with Gasteiger partial charge in [0.05, 0.1) is 19.2 Å². The summed E-state index contributed by atoms with van der Waals surface area (Å²) in [6.45, 7) is 4.88. The van der Waals surface area contributed by atoms with E-state index < -0.39 is 0 Å². The van der Waals surface area contributed by atoms with Gasteiger partial charge in [0.1, 0.15) is 18.1 Å². The van der Waals surface area contributed by atoms with Gasteiger partial charge >= 0.3 is 0 Å². The van der Waals surface area contributed by atoms with E-state index in [-0.39, 0.29) is 11.6 Å². The van der Waals surface area contributed by atoms with Gasteiger partial charge < -0.3 is 18.9 Å². The number of hydrogen-bond acceptors (Lipinski definition) is 5. The predicted molar refractivity (Wildman–Crippen MR) is 107 cm³/mol. The van der Waals surface area contributed by atoms with Crippen LogP contribution >= 0.6 is 0 Å². The summed E-state index contributed by atoms with van der Waals surface area (Å²) in [5.41, 5.74) is 3.28. The van der Waals surface area contributed by atoms with Crippen molar-refractivity contribution in [1.29, 1.82) is 0 Å². The first kappa shape index (κ1) is 19.5. The molecule has 3 rings (SSSR count). The number of carbonyl (C=O) groups excluding carboxylic acids is 1. The van der Waals surface area contributed by atoms with Crippen LogP contribution in [0, 0.1) is 13.8 Å². The Morgan fingerprint density at radius 1 is 1.11 bits per heavy atom. The van der Waals surface area contributed by atoms with Gasteiger partial charge in [-0.1, -0.05) is 23.4 Å². The fourth-order valence-corrected chi connectivity index (χ4v) is 2.96. The summed E-state index contributed by atoms with van der Waals surface area (Å²) in [7, 11) is 3.30. The van der Waals surface area contributed by atoms with Gasteiger partial charge in [0.15, 0.2) is 11.5 Å². The van der Waals surface area contributed by atoms with Crippen molar-refractivity contribution in [2.45, 2.75) is 13.8 Å². The smallest absolute Gasteiger partial charge is 0.275 e. The molecule has 0 aliphatic rings. The van der Waals surface area contributed by atoms with Crippen LogP contribution in [0.15, 0.2) is 53.1 Å². The maximum atomic E-state index is 12.6. The van der Waals surface area contributed by atoms with E-state index >= 15 is 0 Å². The topological polar surface area (TPSA) is 64.8 Å². The van der Waals surface area contributed by atoms with Gasteiger partial charge in [-0.3, -0.25) is 4.79 Å². The molecule has 0 N–H and O–H groups in total. The molecule has 6 heteroatoms. The third kappa shape index (κ3) is 4.52. The third-order valence-electron chi connectivity index (χ3n) is 4.34. The molecule has 0 aliphatic heterocycles. The zero-order valence-corrected chi connectivity index (χ0v) is 16.6. The number of hydrogen-bond donors (Lipinski definition) is 0. The Balaban J connectivity index is 1.61. The van der Waals surface area contributed by atoms with E-state index in [4.69, 9.17) is 14.0 Å². The molecule has 0 radical (unpaired) electrons. The van der Waals surface area contributed by atoms with Crippen LogP contribution in [0.5, 0.6) is 11.5 Å². The van der Waals surface area contributed by atoms with Gasteiger partial charge in [-0.2, -0.15) is 0 Å². The summed E-state index contributed by atoms with van der Waals surface area (Å²) in [6, 6.07) is 15.1. The van der Waals surface area contributed by atoms with Crippen LogP contribution in [0.25, 0.3) is 11.3 Å². The summed E-state index contributed by atoms with van der Waals surface area (Å²) in [5.74, 6) is 1.72. The lowest BCUT2D eigenvalue weighted by atomic mass is 10.1. The van der Waals surface area contributed by atoms with Gasteiger partial charge in [-0.05, 0) is 49.2 Å². The van der Waals surface area contributed by atoms with Crippen LogP contribution in [0.4, 0.5) is 0 Å². The van der Waals surface area contributed by atoms with Crippen molar-refractivity contribution >= 4 is 5.91 Å². The Bertz CT molecular complexity index is 944. The first-order chi connectivity index (χ1) is 13.5. The van der Waals surface area contributed by atoms with E-state index in [2.05, 4.69) is 11.2 Å². The number of likely N-dealkylation sites (N-methyl/N-ethyl adjacent to an activating group) is 1. The lowest BCUT2D eigenvalue weighted by molar-refractivity contribution is 0.0763. The monoisotopic (exact) mass is 380 g/mol. The minimum atomic E-state index is -0.228. The highest BCUT2D eigenvalue weighted by molar-refractivity contribution is 5.93. The number of benzene rings is 2. The molecule has 2 aromatic carbocycles. The number of rotatable bonds is 7. The average Bonchev–Trinajstić information content (AvgIpc) is 3.16. The number of para-hydroxylation sites is 1. The van der Waals surface area contributed by atoms with Crippen molar-refractivity contribution in [1.82, 2.24) is 10.1 Å². The van der Waals surface area contributed by atoms with Crippen molar-refractivity contribution in [3.63, 3.8) is 0 Å². The lowest BCUT2D eigenvalue weighted by Gasteiger charge is -2.16. The Morgan fingerprint density at radius 2 is 1.82 bits per heavy atom. The van der Waals surface area contributed by atoms with E-state index in [1.807, 2.05) is 50.2 Å². The number of aromatic nitrogens is 1. The molecule has 1 aromatic heterocycles. The second kappa shape index (κ2) is 8.61. The molecule has 28 heavy (non-hydrogen) atoms. The highest BCUT2D eigenvalue weighted by Crippen LogP contribution is 2.30. The zero-order chi connectivity index (χ0) is 20.1. The van der Waals surface area contributed by atoms with E-state index in [0.29, 0.717) is 24.7 Å². The quantitative estimate of drug-likeness (QED) is 0.617. The predicted octanol–water partition coefficient (Wildman–Crippen LogP) is 4.12. The number of methoxy groups -OCH3 is 1. The first-order valence-electron chi connectivity index (χ1n) is 9.04. The summed E-state index contributed by atoms with van der Waals surface area (Å²) < 4.78 is 16.5. The number of nitrogens with zero attached hydrogens (tertiary/aromatic N) is 2. The lowest BCUT2D eigenvalue weighted by Crippen LogP contribution is -2.31. The molecule has 3 aromatic rings. The Labute approximate surface area is 164 Å². The van der Waals surface area contributed by atoms with E-state index in [0.717, 1.165) is 22.4 Å². The number of ether oxygens (including phenoxy) is 2. The Morgan fingerprint density at radius 3 is 2.54 bits per heavy atom. The molecule has 0 unspecified atom stereocenters. The van der Waals surface area contributed by atoms with Gasteiger partial charge in [0, 0.05) is 13.1 Å². The SMILES string of the molecule is COc1ccccc1-c1cc(C(=O)N(C)CCOc2cc(C)cc(C)c2)no1.